The van der Waals surface area contributed by atoms with Crippen LogP contribution in [0.4, 0.5) is 0 Å². The number of imidazole rings is 1. The molecular weight excluding hydrogens is 430 g/mol. The van der Waals surface area contributed by atoms with Crippen molar-refractivity contribution >= 4 is 39.2 Å². The van der Waals surface area contributed by atoms with E-state index in [0.717, 1.165) is 33.0 Å². The second-order valence-corrected chi connectivity index (χ2v) is 9.82. The Balaban J connectivity index is 0.00000240. The summed E-state index contributed by atoms with van der Waals surface area (Å²) in [5, 5.41) is 15.6. The summed E-state index contributed by atoms with van der Waals surface area (Å²) in [6.07, 6.45) is 6.09. The van der Waals surface area contributed by atoms with Crippen LogP contribution in [-0.4, -0.2) is 33.8 Å². The molecule has 10 heteroatoms. The number of nitrogens with one attached hydrogen (secondary N) is 1. The lowest BCUT2D eigenvalue weighted by Crippen LogP contribution is -2.04. The normalized spacial score (nSPS) is 11.3. The molecule has 0 unspecified atom stereocenters. The van der Waals surface area contributed by atoms with Gasteiger partial charge in [-0.05, 0) is 37.6 Å². The summed E-state index contributed by atoms with van der Waals surface area (Å²) in [4.78, 5) is 5.26. The number of hydrogen-bond donors (Lipinski definition) is 1. The molecule has 0 aliphatic carbocycles. The smallest absolute Gasteiger partial charge is 0.187 e. The van der Waals surface area contributed by atoms with Crippen LogP contribution in [-0.2, 0) is 9.84 Å². The van der Waals surface area contributed by atoms with E-state index in [-0.39, 0.29) is 24.6 Å². The number of aromatic nitrogens is 4. The minimum Gasteiger partial charge on any atom is -0.298 e. The molecule has 0 aromatic carbocycles. The van der Waals surface area contributed by atoms with Gasteiger partial charge in [0, 0.05) is 29.4 Å². The third-order valence-electron chi connectivity index (χ3n) is 4.49. The molecule has 4 aromatic rings. The van der Waals surface area contributed by atoms with Crippen LogP contribution in [0.25, 0.3) is 27.3 Å². The molecule has 4 heterocycles. The summed E-state index contributed by atoms with van der Waals surface area (Å²) in [6, 6.07) is 9.34. The summed E-state index contributed by atoms with van der Waals surface area (Å²) in [6.45, 7) is 1.96. The Hall–Kier alpha value is -2.67. The molecule has 4 rings (SSSR count). The number of pyridine rings is 1. The molecule has 0 saturated heterocycles. The number of aromatic amines is 1. The Morgan fingerprint density at radius 2 is 2.07 bits per heavy atom. The van der Waals surface area contributed by atoms with Gasteiger partial charge in [-0.3, -0.25) is 9.50 Å². The highest BCUT2D eigenvalue weighted by molar-refractivity contribution is 7.93. The lowest BCUT2D eigenvalue weighted by molar-refractivity contribution is 0.595. The largest absolute Gasteiger partial charge is 0.298 e. The van der Waals surface area contributed by atoms with Crippen molar-refractivity contribution in [3.8, 4) is 27.8 Å². The molecular formula is C19H18ClN5O2S2. The number of nitriles is 1. The van der Waals surface area contributed by atoms with Crippen LogP contribution in [0, 0.1) is 18.3 Å². The fraction of sp³-hybridized carbons (Fsp3) is 0.211. The van der Waals surface area contributed by atoms with E-state index < -0.39 is 9.84 Å². The van der Waals surface area contributed by atoms with Crippen LogP contribution < -0.4 is 0 Å². The van der Waals surface area contributed by atoms with Crippen LogP contribution >= 0.6 is 23.7 Å². The number of unbranched alkanes of at least 4 members (excludes halogenated alkanes) is 1. The molecule has 0 spiro atoms. The molecule has 1 N–H and O–H groups in total. The van der Waals surface area contributed by atoms with Gasteiger partial charge in [-0.2, -0.15) is 10.4 Å². The summed E-state index contributed by atoms with van der Waals surface area (Å²) < 4.78 is 27.2. The van der Waals surface area contributed by atoms with E-state index in [2.05, 4.69) is 15.2 Å². The van der Waals surface area contributed by atoms with Crippen LogP contribution in [0.3, 0.4) is 0 Å². The number of hydrogen-bond acceptors (Lipinski definition) is 6. The molecule has 0 radical (unpaired) electrons. The zero-order valence-corrected chi connectivity index (χ0v) is 17.9. The number of aryl methyl sites for hydroxylation is 1. The summed E-state index contributed by atoms with van der Waals surface area (Å²) in [7, 11) is -3.38. The van der Waals surface area contributed by atoms with Crippen molar-refractivity contribution in [3.05, 3.63) is 48.5 Å². The Bertz CT molecular complexity index is 1300. The Morgan fingerprint density at radius 1 is 1.24 bits per heavy atom. The van der Waals surface area contributed by atoms with E-state index in [4.69, 9.17) is 5.26 Å². The summed E-state index contributed by atoms with van der Waals surface area (Å²) in [5.41, 5.74) is 4.60. The van der Waals surface area contributed by atoms with Gasteiger partial charge in [0.15, 0.2) is 9.84 Å². The molecule has 0 atom stereocenters. The van der Waals surface area contributed by atoms with E-state index >= 15 is 0 Å². The summed E-state index contributed by atoms with van der Waals surface area (Å²) in [5.74, 6) is -0.0163. The first-order valence-corrected chi connectivity index (χ1v) is 11.1. The fourth-order valence-corrected chi connectivity index (χ4v) is 5.80. The van der Waals surface area contributed by atoms with Crippen LogP contribution in [0.2, 0.25) is 0 Å². The zero-order chi connectivity index (χ0) is 19.7. The van der Waals surface area contributed by atoms with Crippen molar-refractivity contribution < 1.29 is 8.42 Å². The summed E-state index contributed by atoms with van der Waals surface area (Å²) >= 11 is 1.23. The Kier molecular flexibility index (Phi) is 6.07. The predicted octanol–water partition coefficient (Wildman–Crippen LogP) is 4.26. The second kappa shape index (κ2) is 8.37. The second-order valence-electron chi connectivity index (χ2n) is 6.40. The van der Waals surface area contributed by atoms with E-state index in [1.54, 1.807) is 24.5 Å². The number of fused-ring (bicyclic) bond motifs is 1. The van der Waals surface area contributed by atoms with Gasteiger partial charge in [0.1, 0.15) is 9.86 Å². The van der Waals surface area contributed by atoms with Crippen molar-refractivity contribution in [2.45, 2.75) is 24.0 Å². The van der Waals surface area contributed by atoms with E-state index in [0.29, 0.717) is 10.6 Å². The minimum absolute atomic E-state index is 0. The first-order chi connectivity index (χ1) is 13.5. The fourth-order valence-electron chi connectivity index (χ4n) is 3.03. The van der Waals surface area contributed by atoms with Crippen LogP contribution in [0.15, 0.2) is 47.1 Å². The molecule has 7 nitrogen and oxygen atoms in total. The maximum absolute atomic E-state index is 12.5. The minimum atomic E-state index is -3.38. The molecule has 0 saturated carbocycles. The van der Waals surface area contributed by atoms with Gasteiger partial charge in [-0.25, -0.2) is 13.4 Å². The predicted molar refractivity (Wildman–Crippen MR) is 115 cm³/mol. The van der Waals surface area contributed by atoms with E-state index in [1.165, 1.54) is 11.3 Å². The first-order valence-electron chi connectivity index (χ1n) is 8.67. The van der Waals surface area contributed by atoms with Crippen LogP contribution in [0.5, 0.6) is 0 Å². The van der Waals surface area contributed by atoms with Gasteiger partial charge in [0.2, 0.25) is 0 Å². The quantitative estimate of drug-likeness (QED) is 0.444. The van der Waals surface area contributed by atoms with Crippen LogP contribution in [0.1, 0.15) is 18.5 Å². The number of nitrogens with zero attached hydrogens (tertiary/aromatic N) is 4. The maximum Gasteiger partial charge on any atom is 0.187 e. The Morgan fingerprint density at radius 3 is 2.79 bits per heavy atom. The molecule has 150 valence electrons. The van der Waals surface area contributed by atoms with Gasteiger partial charge < -0.3 is 0 Å². The average Bonchev–Trinajstić information content (AvgIpc) is 3.40. The van der Waals surface area contributed by atoms with E-state index in [1.807, 2.05) is 35.7 Å². The number of rotatable bonds is 6. The first kappa shape index (κ1) is 21.0. The highest BCUT2D eigenvalue weighted by Crippen LogP contribution is 2.33. The standard InChI is InChI=1S/C19H17N5O2S2.ClH/c1-13-15(10-22-23-13)14-4-6-18-21-11-16(24(18)12-14)17-5-7-19(27-17)28(25,26)9-3-2-8-20;/h4-7,10-12H,2-3,9H2,1H3,(H,22,23);1H. The molecule has 0 amide bonds. The molecule has 0 bridgehead atoms. The topological polar surface area (TPSA) is 104 Å². The van der Waals surface area contributed by atoms with Gasteiger partial charge >= 0.3 is 0 Å². The molecule has 4 aromatic heterocycles. The van der Waals surface area contributed by atoms with Crippen molar-refractivity contribution in [2.24, 2.45) is 0 Å². The lowest BCUT2D eigenvalue weighted by atomic mass is 10.1. The number of H-pyrrole nitrogens is 1. The molecule has 0 fully saturated rings. The monoisotopic (exact) mass is 447 g/mol. The third kappa shape index (κ3) is 4.05. The molecule has 0 aliphatic rings. The van der Waals surface area contributed by atoms with Crippen molar-refractivity contribution in [1.82, 2.24) is 19.6 Å². The van der Waals surface area contributed by atoms with Crippen molar-refractivity contribution in [2.75, 3.05) is 5.75 Å². The Labute approximate surface area is 178 Å². The number of thiophene rings is 1. The highest BCUT2D eigenvalue weighted by atomic mass is 35.5. The average molecular weight is 448 g/mol. The zero-order valence-electron chi connectivity index (χ0n) is 15.5. The van der Waals surface area contributed by atoms with Gasteiger partial charge in [-0.1, -0.05) is 0 Å². The van der Waals surface area contributed by atoms with Crippen molar-refractivity contribution in [3.63, 3.8) is 0 Å². The highest BCUT2D eigenvalue weighted by Gasteiger charge is 2.19. The van der Waals surface area contributed by atoms with E-state index in [9.17, 15) is 8.42 Å². The number of halogens is 1. The SMILES string of the molecule is Cc1[nH]ncc1-c1ccc2ncc(-c3ccc(S(=O)(=O)CCCC#N)s3)n2c1.Cl. The number of sulfone groups is 1. The lowest BCUT2D eigenvalue weighted by Gasteiger charge is -2.04. The van der Waals surface area contributed by atoms with Gasteiger partial charge in [0.25, 0.3) is 0 Å². The molecule has 29 heavy (non-hydrogen) atoms. The van der Waals surface area contributed by atoms with Crippen molar-refractivity contribution in [1.29, 1.82) is 5.26 Å². The maximum atomic E-state index is 12.5. The van der Waals surface area contributed by atoms with Gasteiger partial charge in [0.05, 0.1) is 34.8 Å². The third-order valence-corrected chi connectivity index (χ3v) is 7.98. The van der Waals surface area contributed by atoms with Gasteiger partial charge in [-0.15, -0.1) is 23.7 Å². The molecule has 0 aliphatic heterocycles.